The largest absolute Gasteiger partial charge is 0.517 e. The molecule has 0 bridgehead atoms. The zero-order valence-electron chi connectivity index (χ0n) is 34.2. The zero-order chi connectivity index (χ0) is 37.8. The van der Waals surface area contributed by atoms with Crippen LogP contribution >= 0.6 is 10.3 Å². The van der Waals surface area contributed by atoms with E-state index in [2.05, 4.69) is 57.2 Å². The Hall–Kier alpha value is -2.72. The van der Waals surface area contributed by atoms with Crippen LogP contribution in [0.4, 0.5) is 4.79 Å². The first-order valence-electron chi connectivity index (χ1n) is 22.1. The van der Waals surface area contributed by atoms with Crippen molar-refractivity contribution in [1.29, 1.82) is 0 Å². The van der Waals surface area contributed by atoms with Crippen molar-refractivity contribution in [3.8, 4) is 0 Å². The van der Waals surface area contributed by atoms with E-state index < -0.39 is 16.5 Å². The van der Waals surface area contributed by atoms with Gasteiger partial charge in [-0.2, -0.15) is 0 Å². The molecular weight excluding hydrogens is 669 g/mol. The van der Waals surface area contributed by atoms with Gasteiger partial charge in [0.05, 0.1) is 0 Å². The third kappa shape index (κ3) is 16.3. The molecule has 0 radical (unpaired) electrons. The van der Waals surface area contributed by atoms with Crippen molar-refractivity contribution in [1.82, 2.24) is 0 Å². The maximum atomic E-state index is 12.9. The summed E-state index contributed by atoms with van der Waals surface area (Å²) in [6.45, 7) is 6.85. The summed E-state index contributed by atoms with van der Waals surface area (Å²) in [4.78, 5) is 16.0. The van der Waals surface area contributed by atoms with E-state index in [1.807, 2.05) is 36.4 Å². The summed E-state index contributed by atoms with van der Waals surface area (Å²) in [5, 5.41) is 10.6. The Morgan fingerprint density at radius 2 is 0.792 bits per heavy atom. The predicted molar refractivity (Wildman–Crippen MR) is 230 cm³/mol. The van der Waals surface area contributed by atoms with Gasteiger partial charge in [-0.05, 0) is 89.8 Å². The Kier molecular flexibility index (Phi) is 23.4. The first-order chi connectivity index (χ1) is 26.1. The Balaban J connectivity index is 2.04. The Morgan fingerprint density at radius 3 is 1.13 bits per heavy atom. The second kappa shape index (κ2) is 27.8. The average Bonchev–Trinajstić information content (AvgIpc) is 3.17. The lowest BCUT2D eigenvalue weighted by Crippen LogP contribution is -2.16. The van der Waals surface area contributed by atoms with Gasteiger partial charge < -0.3 is 9.29 Å². The highest BCUT2D eigenvalue weighted by atomic mass is 32.3. The minimum absolute atomic E-state index is 0.956. The fraction of sp³-hybridized carbons (Fsp3) is 0.612. The van der Waals surface area contributed by atoms with Crippen molar-refractivity contribution in [2.75, 3.05) is 0 Å². The molecule has 0 saturated carbocycles. The molecule has 0 aliphatic rings. The molecule has 3 aromatic rings. The first kappa shape index (κ1) is 44.7. The Labute approximate surface area is 327 Å². The topological polar surface area (TPSA) is 46.5 Å². The van der Waals surface area contributed by atoms with Crippen LogP contribution in [0.5, 0.6) is 0 Å². The second-order valence-corrected chi connectivity index (χ2v) is 18.1. The molecule has 0 unspecified atom stereocenters. The number of aryl methyl sites for hydroxylation is 3. The van der Waals surface area contributed by atoms with Gasteiger partial charge >= 0.3 is 6.16 Å². The molecule has 0 spiro atoms. The van der Waals surface area contributed by atoms with Crippen LogP contribution in [0.1, 0.15) is 192 Å². The number of rotatable bonds is 31. The molecule has 3 rings (SSSR count). The maximum absolute atomic E-state index is 12.9. The van der Waals surface area contributed by atoms with E-state index in [-0.39, 0.29) is 0 Å². The van der Waals surface area contributed by atoms with E-state index in [0.29, 0.717) is 0 Å². The molecule has 0 atom stereocenters. The highest BCUT2D eigenvalue weighted by Crippen LogP contribution is 2.71. The van der Waals surface area contributed by atoms with Gasteiger partial charge in [-0.25, -0.2) is 4.79 Å². The van der Waals surface area contributed by atoms with Crippen LogP contribution in [0.3, 0.4) is 0 Å². The number of carbonyl (C=O) groups is 1. The van der Waals surface area contributed by atoms with Crippen LogP contribution in [-0.2, 0) is 23.4 Å². The highest BCUT2D eigenvalue weighted by molar-refractivity contribution is 8.30. The van der Waals surface area contributed by atoms with Crippen LogP contribution in [0.2, 0.25) is 0 Å². The minimum atomic E-state index is -2.57. The normalized spacial score (nSPS) is 11.9. The predicted octanol–water partition coefficient (Wildman–Crippen LogP) is 16.6. The molecule has 296 valence electrons. The molecule has 0 heterocycles. The summed E-state index contributed by atoms with van der Waals surface area (Å²) in [7, 11) is -2.57. The SMILES string of the molecule is CCCCCCCCCCc1cc(CCCCCCCCCC)c(S(OC(=O)O)(c2ccccc2)c2ccccc2)c(CCCCCCCCCC)c1. The van der Waals surface area contributed by atoms with Crippen molar-refractivity contribution in [3.63, 3.8) is 0 Å². The van der Waals surface area contributed by atoms with Gasteiger partial charge in [0.25, 0.3) is 0 Å². The van der Waals surface area contributed by atoms with Gasteiger partial charge in [-0.1, -0.05) is 204 Å². The third-order valence-electron chi connectivity index (χ3n) is 10.9. The first-order valence-corrected chi connectivity index (χ1v) is 23.6. The highest BCUT2D eigenvalue weighted by Gasteiger charge is 2.39. The number of unbranched alkanes of at least 4 members (excludes halogenated alkanes) is 21. The molecule has 0 aromatic heterocycles. The van der Waals surface area contributed by atoms with Gasteiger partial charge in [-0.3, -0.25) is 0 Å². The molecule has 53 heavy (non-hydrogen) atoms. The lowest BCUT2D eigenvalue weighted by Gasteiger charge is -2.41. The summed E-state index contributed by atoms with van der Waals surface area (Å²) >= 11 is 0. The van der Waals surface area contributed by atoms with E-state index in [1.54, 1.807) is 0 Å². The molecule has 3 nitrogen and oxygen atoms in total. The fourth-order valence-corrected chi connectivity index (χ4v) is 11.3. The van der Waals surface area contributed by atoms with E-state index in [0.717, 1.165) is 46.8 Å². The standard InChI is InChI=1S/C49H76O3S/c1-4-7-10-13-16-19-22-27-34-43-41-44(35-28-23-20-17-14-11-8-5-2)48(45(42-43)36-29-24-21-18-15-12-9-6-3)53(52-49(50)51,46-37-30-25-31-38-46)47-39-32-26-33-40-47/h25-26,30-33,37-42H,4-24,27-29,34-36H2,1-3H3,(H,50,51). The number of benzene rings is 3. The van der Waals surface area contributed by atoms with Gasteiger partial charge in [0.2, 0.25) is 0 Å². The smallest absolute Gasteiger partial charge is 0.449 e. The quantitative estimate of drug-likeness (QED) is 0.0667. The molecular formula is C49H76O3S. The Bertz CT molecular complexity index is 1270. The molecule has 0 aliphatic heterocycles. The molecule has 4 heteroatoms. The van der Waals surface area contributed by atoms with Gasteiger partial charge in [0, 0.05) is 14.7 Å². The molecule has 1 N–H and O–H groups in total. The molecule has 0 saturated heterocycles. The lowest BCUT2D eigenvalue weighted by molar-refractivity contribution is 0.150. The molecule has 0 aliphatic carbocycles. The van der Waals surface area contributed by atoms with Crippen molar-refractivity contribution in [3.05, 3.63) is 89.5 Å². The van der Waals surface area contributed by atoms with E-state index in [4.69, 9.17) is 4.18 Å². The minimum Gasteiger partial charge on any atom is -0.449 e. The number of hydrogen-bond donors (Lipinski definition) is 1. The van der Waals surface area contributed by atoms with Crippen molar-refractivity contribution in [2.24, 2.45) is 0 Å². The summed E-state index contributed by atoms with van der Waals surface area (Å²) in [6.07, 6.45) is 32.7. The van der Waals surface area contributed by atoms with Gasteiger partial charge in [-0.15, -0.1) is 0 Å². The van der Waals surface area contributed by atoms with Crippen LogP contribution in [-0.4, -0.2) is 11.3 Å². The van der Waals surface area contributed by atoms with Crippen molar-refractivity contribution >= 4 is 16.5 Å². The second-order valence-electron chi connectivity index (χ2n) is 15.4. The maximum Gasteiger partial charge on any atom is 0.517 e. The summed E-state index contributed by atoms with van der Waals surface area (Å²) in [5.74, 6) is 0. The number of hydrogen-bond acceptors (Lipinski definition) is 2. The van der Waals surface area contributed by atoms with Crippen LogP contribution in [0, 0.1) is 0 Å². The average molecular weight is 745 g/mol. The molecule has 3 aromatic carbocycles. The molecule has 0 fully saturated rings. The summed E-state index contributed by atoms with van der Waals surface area (Å²) in [5.41, 5.74) is 4.05. The number of carboxylic acid groups (broad SMARTS) is 1. The van der Waals surface area contributed by atoms with E-state index in [1.165, 1.54) is 158 Å². The van der Waals surface area contributed by atoms with Gasteiger partial charge in [0.15, 0.2) is 0 Å². The summed E-state index contributed by atoms with van der Waals surface area (Å²) < 4.78 is 6.44. The van der Waals surface area contributed by atoms with Crippen molar-refractivity contribution in [2.45, 2.75) is 209 Å². The molecule has 0 amide bonds. The third-order valence-corrected chi connectivity index (χ3v) is 14.2. The summed E-state index contributed by atoms with van der Waals surface area (Å²) in [6, 6.07) is 25.5. The van der Waals surface area contributed by atoms with Crippen LogP contribution in [0.25, 0.3) is 0 Å². The van der Waals surface area contributed by atoms with E-state index >= 15 is 0 Å². The van der Waals surface area contributed by atoms with E-state index in [9.17, 15) is 9.90 Å². The lowest BCUT2D eigenvalue weighted by atomic mass is 9.94. The van der Waals surface area contributed by atoms with Gasteiger partial charge in [0.1, 0.15) is 0 Å². The Morgan fingerprint density at radius 1 is 0.472 bits per heavy atom. The monoisotopic (exact) mass is 745 g/mol. The van der Waals surface area contributed by atoms with Crippen LogP contribution in [0.15, 0.2) is 87.5 Å². The fourth-order valence-electron chi connectivity index (χ4n) is 7.91. The van der Waals surface area contributed by atoms with Crippen LogP contribution < -0.4 is 0 Å². The van der Waals surface area contributed by atoms with Crippen molar-refractivity contribution < 1.29 is 14.1 Å². The zero-order valence-corrected chi connectivity index (χ0v) is 35.0.